The van der Waals surface area contributed by atoms with Crippen LogP contribution < -0.4 is 10.6 Å². The van der Waals surface area contributed by atoms with Gasteiger partial charge in [-0.05, 0) is 39.8 Å². The normalized spacial score (nSPS) is 18.4. The largest absolute Gasteiger partial charge is 0.363 e. The van der Waals surface area contributed by atoms with Crippen LogP contribution in [0.2, 0.25) is 0 Å². The fraction of sp³-hybridized carbons (Fsp3) is 0.467. The van der Waals surface area contributed by atoms with Gasteiger partial charge in [0.25, 0.3) is 0 Å². The summed E-state index contributed by atoms with van der Waals surface area (Å²) in [5.41, 5.74) is 1.09. The molecular weight excluding hydrogens is 236 g/mol. The molecule has 0 saturated carbocycles. The Morgan fingerprint density at radius 1 is 1.11 bits per heavy atom. The van der Waals surface area contributed by atoms with Crippen molar-refractivity contribution >= 4 is 16.6 Å². The third-order valence-electron chi connectivity index (χ3n) is 4.00. The predicted molar refractivity (Wildman–Crippen MR) is 78.4 cm³/mol. The summed E-state index contributed by atoms with van der Waals surface area (Å²) in [6.45, 7) is 6.39. The molecule has 1 aliphatic heterocycles. The second kappa shape index (κ2) is 4.78. The summed E-state index contributed by atoms with van der Waals surface area (Å²) in [5, 5.41) is 18.0. The Balaban J connectivity index is 1.99. The number of nitrogens with one attached hydrogen (secondary N) is 2. The topological polar surface area (TPSA) is 49.8 Å². The van der Waals surface area contributed by atoms with Crippen LogP contribution in [-0.4, -0.2) is 28.8 Å². The average molecular weight is 256 g/mol. The first-order chi connectivity index (χ1) is 9.18. The molecule has 19 heavy (non-hydrogen) atoms. The zero-order chi connectivity index (χ0) is 13.3. The average Bonchev–Trinajstić information content (AvgIpc) is 2.43. The number of fused-ring (bicyclic) bond motifs is 1. The van der Waals surface area contributed by atoms with Crippen molar-refractivity contribution in [3.05, 3.63) is 30.0 Å². The van der Waals surface area contributed by atoms with E-state index in [9.17, 15) is 0 Å². The third kappa shape index (κ3) is 2.40. The van der Waals surface area contributed by atoms with E-state index in [1.807, 2.05) is 13.0 Å². The molecule has 2 N–H and O–H groups in total. The van der Waals surface area contributed by atoms with Crippen LogP contribution in [0.25, 0.3) is 10.8 Å². The number of benzene rings is 1. The number of piperidine rings is 1. The Morgan fingerprint density at radius 3 is 2.53 bits per heavy atom. The minimum atomic E-state index is 0.109. The molecule has 0 unspecified atom stereocenters. The highest BCUT2D eigenvalue weighted by Crippen LogP contribution is 2.28. The second-order valence-electron chi connectivity index (χ2n) is 5.62. The summed E-state index contributed by atoms with van der Waals surface area (Å²) < 4.78 is 0. The minimum absolute atomic E-state index is 0.109. The Labute approximate surface area is 113 Å². The Bertz CT molecular complexity index is 588. The first-order valence-corrected chi connectivity index (χ1v) is 6.89. The van der Waals surface area contributed by atoms with E-state index in [-0.39, 0.29) is 5.54 Å². The van der Waals surface area contributed by atoms with Crippen LogP contribution in [0.5, 0.6) is 0 Å². The molecule has 1 saturated heterocycles. The molecule has 0 bridgehead atoms. The summed E-state index contributed by atoms with van der Waals surface area (Å²) in [6.07, 6.45) is 2.22. The molecule has 1 fully saturated rings. The molecule has 1 aromatic heterocycles. The fourth-order valence-corrected chi connectivity index (χ4v) is 2.72. The summed E-state index contributed by atoms with van der Waals surface area (Å²) in [6, 6.07) is 8.32. The number of hydrogen-bond acceptors (Lipinski definition) is 4. The second-order valence-corrected chi connectivity index (χ2v) is 5.62. The zero-order valence-corrected chi connectivity index (χ0v) is 11.5. The molecular formula is C15H20N4. The van der Waals surface area contributed by atoms with Crippen molar-refractivity contribution in [1.29, 1.82) is 0 Å². The van der Waals surface area contributed by atoms with E-state index in [0.29, 0.717) is 0 Å². The van der Waals surface area contributed by atoms with Crippen molar-refractivity contribution in [3.63, 3.8) is 0 Å². The summed E-state index contributed by atoms with van der Waals surface area (Å²) in [5.74, 6) is 0.908. The van der Waals surface area contributed by atoms with Gasteiger partial charge in [0, 0.05) is 16.3 Å². The summed E-state index contributed by atoms with van der Waals surface area (Å²) >= 11 is 0. The maximum atomic E-state index is 4.36. The highest BCUT2D eigenvalue weighted by atomic mass is 15.2. The highest BCUT2D eigenvalue weighted by molar-refractivity contribution is 5.93. The fourth-order valence-electron chi connectivity index (χ4n) is 2.72. The lowest BCUT2D eigenvalue weighted by molar-refractivity contribution is 0.364. The van der Waals surface area contributed by atoms with E-state index in [1.165, 1.54) is 5.39 Å². The lowest BCUT2D eigenvalue weighted by atomic mass is 9.90. The number of nitrogens with zero attached hydrogens (tertiary/aromatic N) is 2. The maximum absolute atomic E-state index is 4.36. The van der Waals surface area contributed by atoms with Crippen molar-refractivity contribution in [2.75, 3.05) is 18.4 Å². The van der Waals surface area contributed by atoms with Gasteiger partial charge in [0.1, 0.15) is 0 Å². The maximum Gasteiger partial charge on any atom is 0.157 e. The minimum Gasteiger partial charge on any atom is -0.363 e. The smallest absolute Gasteiger partial charge is 0.157 e. The third-order valence-corrected chi connectivity index (χ3v) is 4.00. The molecule has 2 heterocycles. The van der Waals surface area contributed by atoms with Gasteiger partial charge in [-0.1, -0.05) is 24.3 Å². The number of aromatic nitrogens is 2. The van der Waals surface area contributed by atoms with Crippen LogP contribution in [0.15, 0.2) is 24.3 Å². The molecule has 3 rings (SSSR count). The van der Waals surface area contributed by atoms with Crippen molar-refractivity contribution in [1.82, 2.24) is 15.5 Å². The molecule has 0 spiro atoms. The Morgan fingerprint density at radius 2 is 1.79 bits per heavy atom. The van der Waals surface area contributed by atoms with Crippen molar-refractivity contribution in [2.24, 2.45) is 0 Å². The Hall–Kier alpha value is -1.68. The van der Waals surface area contributed by atoms with Crippen LogP contribution in [-0.2, 0) is 0 Å². The lowest BCUT2D eigenvalue weighted by Gasteiger charge is -2.35. The van der Waals surface area contributed by atoms with Crippen LogP contribution >= 0.6 is 0 Å². The molecule has 4 nitrogen and oxygen atoms in total. The van der Waals surface area contributed by atoms with E-state index in [4.69, 9.17) is 0 Å². The predicted octanol–water partition coefficient (Wildman–Crippen LogP) is 2.49. The van der Waals surface area contributed by atoms with Gasteiger partial charge in [-0.3, -0.25) is 0 Å². The number of rotatable bonds is 2. The van der Waals surface area contributed by atoms with Crippen molar-refractivity contribution in [3.8, 4) is 0 Å². The molecule has 2 aromatic rings. The molecule has 1 aliphatic rings. The zero-order valence-electron chi connectivity index (χ0n) is 11.5. The molecule has 4 heteroatoms. The van der Waals surface area contributed by atoms with E-state index in [1.54, 1.807) is 0 Å². The van der Waals surface area contributed by atoms with Crippen LogP contribution in [0.4, 0.5) is 5.82 Å². The van der Waals surface area contributed by atoms with Gasteiger partial charge in [0.05, 0.1) is 5.69 Å². The number of hydrogen-bond donors (Lipinski definition) is 2. The Kier molecular flexibility index (Phi) is 3.11. The monoisotopic (exact) mass is 256 g/mol. The quantitative estimate of drug-likeness (QED) is 0.866. The van der Waals surface area contributed by atoms with E-state index in [2.05, 4.69) is 46.0 Å². The molecule has 100 valence electrons. The summed E-state index contributed by atoms with van der Waals surface area (Å²) in [4.78, 5) is 0. The number of anilines is 1. The molecule has 0 radical (unpaired) electrons. The van der Waals surface area contributed by atoms with Gasteiger partial charge in [0.15, 0.2) is 5.82 Å². The first-order valence-electron chi connectivity index (χ1n) is 6.89. The highest BCUT2D eigenvalue weighted by Gasteiger charge is 2.27. The number of aryl methyl sites for hydroxylation is 1. The first kappa shape index (κ1) is 12.4. The molecule has 1 aromatic carbocycles. The van der Waals surface area contributed by atoms with Gasteiger partial charge in [-0.25, -0.2) is 0 Å². The lowest BCUT2D eigenvalue weighted by Crippen LogP contribution is -2.45. The van der Waals surface area contributed by atoms with Gasteiger partial charge < -0.3 is 10.6 Å². The SMILES string of the molecule is Cc1nnc(NC2(C)CCNCC2)c2ccccc12. The van der Waals surface area contributed by atoms with Gasteiger partial charge in [0.2, 0.25) is 0 Å². The van der Waals surface area contributed by atoms with Gasteiger partial charge in [-0.15, -0.1) is 5.10 Å². The van der Waals surface area contributed by atoms with E-state index < -0.39 is 0 Å². The summed E-state index contributed by atoms with van der Waals surface area (Å²) in [7, 11) is 0. The standard InChI is InChI=1S/C15H20N4/c1-11-12-5-3-4-6-13(12)14(19-18-11)17-15(2)7-9-16-10-8-15/h3-6,16H,7-10H2,1-2H3,(H,17,19). The van der Waals surface area contributed by atoms with Crippen molar-refractivity contribution in [2.45, 2.75) is 32.2 Å². The van der Waals surface area contributed by atoms with Crippen molar-refractivity contribution < 1.29 is 0 Å². The van der Waals surface area contributed by atoms with E-state index >= 15 is 0 Å². The van der Waals surface area contributed by atoms with Gasteiger partial charge >= 0.3 is 0 Å². The van der Waals surface area contributed by atoms with Gasteiger partial charge in [-0.2, -0.15) is 5.10 Å². The van der Waals surface area contributed by atoms with Crippen LogP contribution in [0.3, 0.4) is 0 Å². The molecule has 0 aliphatic carbocycles. The molecule has 0 atom stereocenters. The molecule has 0 amide bonds. The van der Waals surface area contributed by atoms with E-state index in [0.717, 1.165) is 42.8 Å². The van der Waals surface area contributed by atoms with Crippen LogP contribution in [0, 0.1) is 6.92 Å². The van der Waals surface area contributed by atoms with Crippen LogP contribution in [0.1, 0.15) is 25.5 Å².